The normalized spacial score (nSPS) is 34.0. The molecule has 3 atom stereocenters. The number of hydrogen-bond acceptors (Lipinski definition) is 8. The zero-order chi connectivity index (χ0) is 18.0. The zero-order valence-corrected chi connectivity index (χ0v) is 13.4. The van der Waals surface area contributed by atoms with Crippen LogP contribution in [0, 0.1) is 43.6 Å². The molecule has 1 aromatic rings. The maximum atomic E-state index is 10.9. The van der Waals surface area contributed by atoms with Crippen LogP contribution in [-0.2, 0) is 9.47 Å². The Morgan fingerprint density at radius 1 is 1.36 bits per heavy atom. The maximum absolute atomic E-state index is 10.9. The molecule has 10 heteroatoms. The van der Waals surface area contributed by atoms with Crippen molar-refractivity contribution in [2.75, 3.05) is 13.2 Å². The first-order valence-corrected chi connectivity index (χ1v) is 7.68. The van der Waals surface area contributed by atoms with Gasteiger partial charge in [0.2, 0.25) is 0 Å². The number of amidine groups is 1. The van der Waals surface area contributed by atoms with Gasteiger partial charge in [-0.2, -0.15) is 10.5 Å². The molecule has 0 aromatic heterocycles. The lowest BCUT2D eigenvalue weighted by atomic mass is 9.94. The van der Waals surface area contributed by atoms with E-state index in [0.29, 0.717) is 5.56 Å². The molecule has 3 aliphatic rings. The van der Waals surface area contributed by atoms with Crippen LogP contribution in [0.1, 0.15) is 11.5 Å². The van der Waals surface area contributed by atoms with Crippen LogP contribution in [0.3, 0.4) is 0 Å². The first kappa shape index (κ1) is 15.8. The fourth-order valence-corrected chi connectivity index (χ4v) is 4.33. The molecule has 0 radical (unpaired) electrons. The summed E-state index contributed by atoms with van der Waals surface area (Å²) >= 11 is 6.22. The smallest absolute Gasteiger partial charge is 0.293 e. The van der Waals surface area contributed by atoms with Gasteiger partial charge in [0.1, 0.15) is 11.3 Å². The van der Waals surface area contributed by atoms with Gasteiger partial charge in [-0.3, -0.25) is 10.1 Å². The monoisotopic (exact) mass is 359 g/mol. The average Bonchev–Trinajstić information content (AvgIpc) is 2.82. The lowest BCUT2D eigenvalue weighted by Gasteiger charge is -2.25. The fourth-order valence-electron chi connectivity index (χ4n) is 4.05. The molecule has 0 amide bonds. The topological polar surface area (TPSA) is 148 Å². The number of ether oxygens (including phenoxy) is 2. The number of rotatable bonds is 2. The highest BCUT2D eigenvalue weighted by molar-refractivity contribution is 6.31. The van der Waals surface area contributed by atoms with Crippen molar-refractivity contribution in [1.29, 1.82) is 10.5 Å². The number of nitro benzene ring substituents is 1. The number of fused-ring (bicyclic) bond motifs is 2. The molecule has 25 heavy (non-hydrogen) atoms. The van der Waals surface area contributed by atoms with Crippen LogP contribution in [0.25, 0.3) is 0 Å². The Bertz CT molecular complexity index is 929. The van der Waals surface area contributed by atoms with Crippen molar-refractivity contribution < 1.29 is 14.4 Å². The Morgan fingerprint density at radius 3 is 2.56 bits per heavy atom. The van der Waals surface area contributed by atoms with Crippen LogP contribution in [0.2, 0.25) is 5.02 Å². The van der Waals surface area contributed by atoms with E-state index in [1.807, 2.05) is 0 Å². The highest BCUT2D eigenvalue weighted by Gasteiger charge is 2.94. The van der Waals surface area contributed by atoms with Gasteiger partial charge in [-0.1, -0.05) is 17.7 Å². The first-order chi connectivity index (χ1) is 11.9. The molecule has 2 heterocycles. The van der Waals surface area contributed by atoms with Gasteiger partial charge >= 0.3 is 0 Å². The predicted octanol–water partition coefficient (Wildman–Crippen LogP) is 1.44. The minimum atomic E-state index is -1.66. The first-order valence-electron chi connectivity index (χ1n) is 7.30. The van der Waals surface area contributed by atoms with Crippen molar-refractivity contribution in [2.45, 2.75) is 11.8 Å². The standard InChI is InChI=1S/C15H10ClN5O4/c16-10-5-8(21(22)23)1-2-9(10)11-13(6-17)12(19)20-15(14(11,13)7-18)24-3-4-25-15/h1-2,5,11H,3-4H2,(H2,19,20)/t11-,13-,14-/m1/s1. The number of nitrogens with two attached hydrogens (primary N) is 1. The van der Waals surface area contributed by atoms with Crippen LogP contribution in [0.5, 0.6) is 0 Å². The Morgan fingerprint density at radius 2 is 2.04 bits per heavy atom. The largest absolute Gasteiger partial charge is 0.386 e. The summed E-state index contributed by atoms with van der Waals surface area (Å²) in [4.78, 5) is 14.5. The summed E-state index contributed by atoms with van der Waals surface area (Å²) in [5, 5.41) is 30.7. The molecule has 126 valence electrons. The van der Waals surface area contributed by atoms with Gasteiger partial charge < -0.3 is 15.2 Å². The molecule has 2 aliphatic heterocycles. The molecular formula is C15H10ClN5O4. The van der Waals surface area contributed by atoms with E-state index in [2.05, 4.69) is 17.1 Å². The van der Waals surface area contributed by atoms with Crippen molar-refractivity contribution >= 4 is 23.1 Å². The quantitative estimate of drug-likeness (QED) is 0.620. The molecule has 4 rings (SSSR count). The highest BCUT2D eigenvalue weighted by atomic mass is 35.5. The van der Waals surface area contributed by atoms with E-state index in [4.69, 9.17) is 26.8 Å². The SMILES string of the molecule is N#C[C@@]12C(N)=NC3(OCCO3)[C@]1(C#N)[C@@H]2c1ccc([N+](=O)[O-])cc1Cl. The molecular weight excluding hydrogens is 350 g/mol. The minimum absolute atomic E-state index is 0.0575. The number of nitriles is 2. The second-order valence-electron chi connectivity index (χ2n) is 6.01. The summed E-state index contributed by atoms with van der Waals surface area (Å²) in [6.07, 6.45) is 0. The van der Waals surface area contributed by atoms with Gasteiger partial charge in [-0.15, -0.1) is 0 Å². The van der Waals surface area contributed by atoms with E-state index >= 15 is 0 Å². The molecule has 2 fully saturated rings. The zero-order valence-electron chi connectivity index (χ0n) is 12.6. The van der Waals surface area contributed by atoms with E-state index in [9.17, 15) is 20.6 Å². The lowest BCUT2D eigenvalue weighted by Crippen LogP contribution is -2.38. The molecule has 1 saturated carbocycles. The Balaban J connectivity index is 1.91. The Kier molecular flexibility index (Phi) is 2.95. The van der Waals surface area contributed by atoms with Crippen LogP contribution in [0.15, 0.2) is 23.2 Å². The lowest BCUT2D eigenvalue weighted by molar-refractivity contribution is -0.384. The van der Waals surface area contributed by atoms with Gasteiger partial charge in [-0.05, 0) is 5.56 Å². The Hall–Kier alpha value is -2.72. The van der Waals surface area contributed by atoms with E-state index < -0.39 is 27.6 Å². The summed E-state index contributed by atoms with van der Waals surface area (Å²) in [6.45, 7) is 0.421. The third-order valence-corrected chi connectivity index (χ3v) is 5.44. The molecule has 2 N–H and O–H groups in total. The molecule has 1 aromatic carbocycles. The van der Waals surface area contributed by atoms with E-state index in [1.165, 1.54) is 18.2 Å². The van der Waals surface area contributed by atoms with Crippen molar-refractivity contribution in [3.05, 3.63) is 38.9 Å². The van der Waals surface area contributed by atoms with Crippen LogP contribution < -0.4 is 5.73 Å². The minimum Gasteiger partial charge on any atom is -0.386 e. The molecule has 1 saturated heterocycles. The van der Waals surface area contributed by atoms with E-state index in [1.54, 1.807) is 0 Å². The summed E-state index contributed by atoms with van der Waals surface area (Å²) in [7, 11) is 0. The third-order valence-electron chi connectivity index (χ3n) is 5.11. The Labute approximate surface area is 146 Å². The second kappa shape index (κ2) is 4.67. The fraction of sp³-hybridized carbons (Fsp3) is 0.400. The van der Waals surface area contributed by atoms with Gasteiger partial charge in [0, 0.05) is 18.1 Å². The summed E-state index contributed by atoms with van der Waals surface area (Å²) < 4.78 is 11.2. The number of benzene rings is 1. The number of non-ortho nitro benzene ring substituents is 1. The van der Waals surface area contributed by atoms with E-state index in [0.717, 1.165) is 0 Å². The molecule has 9 nitrogen and oxygen atoms in total. The van der Waals surface area contributed by atoms with Gasteiger partial charge in [0.25, 0.3) is 11.6 Å². The van der Waals surface area contributed by atoms with Crippen LogP contribution in [0.4, 0.5) is 5.69 Å². The molecule has 0 unspecified atom stereocenters. The number of nitro groups is 1. The van der Waals surface area contributed by atoms with Gasteiger partial charge in [-0.25, -0.2) is 4.99 Å². The van der Waals surface area contributed by atoms with Crippen molar-refractivity contribution in [3.63, 3.8) is 0 Å². The maximum Gasteiger partial charge on any atom is 0.293 e. The highest BCUT2D eigenvalue weighted by Crippen LogP contribution is 2.82. The number of nitrogens with zero attached hydrogens (tertiary/aromatic N) is 4. The third kappa shape index (κ3) is 1.51. The molecule has 1 spiro atoms. The van der Waals surface area contributed by atoms with Gasteiger partial charge in [0.15, 0.2) is 5.41 Å². The average molecular weight is 360 g/mol. The van der Waals surface area contributed by atoms with Gasteiger partial charge in [0.05, 0.1) is 35.3 Å². The molecule has 1 aliphatic carbocycles. The van der Waals surface area contributed by atoms with Crippen molar-refractivity contribution in [3.8, 4) is 12.1 Å². The van der Waals surface area contributed by atoms with Crippen LogP contribution in [-0.4, -0.2) is 29.9 Å². The summed E-state index contributed by atoms with van der Waals surface area (Å²) in [6, 6.07) is 8.08. The van der Waals surface area contributed by atoms with Crippen molar-refractivity contribution in [1.82, 2.24) is 0 Å². The second-order valence-corrected chi connectivity index (χ2v) is 6.42. The summed E-state index contributed by atoms with van der Waals surface area (Å²) in [5.41, 5.74) is 3.26. The predicted molar refractivity (Wildman–Crippen MR) is 83.2 cm³/mol. The molecule has 0 bridgehead atoms. The number of hydrogen-bond donors (Lipinski definition) is 1. The summed E-state index contributed by atoms with van der Waals surface area (Å²) in [5.74, 6) is -2.48. The van der Waals surface area contributed by atoms with Crippen molar-refractivity contribution in [2.24, 2.45) is 21.6 Å². The number of halogens is 1. The number of aliphatic imine (C=N–C) groups is 1. The van der Waals surface area contributed by atoms with E-state index in [-0.39, 0.29) is 29.8 Å². The van der Waals surface area contributed by atoms with Crippen LogP contribution >= 0.6 is 11.6 Å².